The van der Waals surface area contributed by atoms with Gasteiger partial charge in [0.1, 0.15) is 11.1 Å². The summed E-state index contributed by atoms with van der Waals surface area (Å²) >= 11 is 8.09. The van der Waals surface area contributed by atoms with E-state index >= 15 is 0 Å². The third-order valence-electron chi connectivity index (χ3n) is 6.38. The number of nitrogens with one attached hydrogen (secondary N) is 1. The molecule has 1 aliphatic heterocycles. The normalized spacial score (nSPS) is 23.7. The molecule has 148 valence electrons. The van der Waals surface area contributed by atoms with E-state index in [1.807, 2.05) is 12.1 Å². The molecule has 4 aromatic rings. The molecular formula is C19H18ClN7OS. The van der Waals surface area contributed by atoms with Crippen LogP contribution in [0.25, 0.3) is 32.5 Å². The minimum absolute atomic E-state index is 0.143. The van der Waals surface area contributed by atoms with E-state index in [2.05, 4.69) is 20.1 Å². The van der Waals surface area contributed by atoms with Crippen LogP contribution in [0.2, 0.25) is 5.02 Å². The predicted molar refractivity (Wildman–Crippen MR) is 115 cm³/mol. The number of nitrogens with two attached hydrogens (primary N) is 1. The summed E-state index contributed by atoms with van der Waals surface area (Å²) in [6.07, 6.45) is 2.18. The molecule has 4 heterocycles. The molecule has 2 fully saturated rings. The molecule has 3 N–H and O–H groups in total. The third kappa shape index (κ3) is 2.29. The van der Waals surface area contributed by atoms with E-state index in [1.54, 1.807) is 17.1 Å². The largest absolute Gasteiger partial charge is 0.337 e. The van der Waals surface area contributed by atoms with E-state index < -0.39 is 0 Å². The number of hydrogen-bond acceptors (Lipinski definition) is 7. The summed E-state index contributed by atoms with van der Waals surface area (Å²) in [6.45, 7) is 0.840. The monoisotopic (exact) mass is 427 g/mol. The van der Waals surface area contributed by atoms with Crippen molar-refractivity contribution < 1.29 is 0 Å². The van der Waals surface area contributed by atoms with Crippen molar-refractivity contribution in [3.05, 3.63) is 33.0 Å². The molecule has 8 nitrogen and oxygen atoms in total. The highest BCUT2D eigenvalue weighted by atomic mass is 35.5. The summed E-state index contributed by atoms with van der Waals surface area (Å²) < 4.78 is 2.48. The Morgan fingerprint density at radius 3 is 2.97 bits per heavy atom. The van der Waals surface area contributed by atoms with Crippen LogP contribution in [-0.4, -0.2) is 43.4 Å². The van der Waals surface area contributed by atoms with Gasteiger partial charge in [-0.2, -0.15) is 10.1 Å². The van der Waals surface area contributed by atoms with Crippen LogP contribution in [0.15, 0.2) is 22.4 Å². The lowest BCUT2D eigenvalue weighted by Crippen LogP contribution is -2.40. The number of nitrogens with zero attached hydrogens (tertiary/aromatic N) is 5. The van der Waals surface area contributed by atoms with Crippen LogP contribution in [0, 0.1) is 5.92 Å². The van der Waals surface area contributed by atoms with Gasteiger partial charge in [-0.3, -0.25) is 14.5 Å². The molecule has 1 aliphatic carbocycles. The quantitative estimate of drug-likeness (QED) is 0.509. The van der Waals surface area contributed by atoms with Crippen LogP contribution in [0.1, 0.15) is 12.8 Å². The molecule has 2 aliphatic rings. The number of aromatic nitrogens is 5. The summed E-state index contributed by atoms with van der Waals surface area (Å²) in [5.41, 5.74) is 10.5. The average molecular weight is 428 g/mol. The third-order valence-corrected chi connectivity index (χ3v) is 7.75. The van der Waals surface area contributed by atoms with E-state index in [-0.39, 0.29) is 17.6 Å². The fourth-order valence-electron chi connectivity index (χ4n) is 4.86. The molecule has 0 unspecified atom stereocenters. The fourth-order valence-corrected chi connectivity index (χ4v) is 5.97. The molecule has 3 atom stereocenters. The topological polar surface area (TPSA) is 106 Å². The lowest BCUT2D eigenvalue weighted by atomic mass is 10.1. The SMILES string of the molecule is Cn1c(N2C[C@@H]3CC[C@H]2[C@H]3N)nc2[nH]nc(-c3ccc4ncsc4c3Cl)c2c1=O. The highest BCUT2D eigenvalue weighted by Crippen LogP contribution is 2.40. The first-order chi connectivity index (χ1) is 14.0. The van der Waals surface area contributed by atoms with Crippen molar-refractivity contribution in [2.75, 3.05) is 11.4 Å². The number of H-pyrrole nitrogens is 1. The van der Waals surface area contributed by atoms with Gasteiger partial charge in [-0.05, 0) is 30.9 Å². The van der Waals surface area contributed by atoms with E-state index in [9.17, 15) is 4.79 Å². The molecule has 29 heavy (non-hydrogen) atoms. The van der Waals surface area contributed by atoms with Crippen molar-refractivity contribution in [1.29, 1.82) is 0 Å². The first-order valence-corrected chi connectivity index (χ1v) is 10.8. The summed E-state index contributed by atoms with van der Waals surface area (Å²) in [5.74, 6) is 1.11. The van der Waals surface area contributed by atoms with Gasteiger partial charge >= 0.3 is 0 Å². The summed E-state index contributed by atoms with van der Waals surface area (Å²) in [4.78, 5) is 24.6. The minimum atomic E-state index is -0.148. The van der Waals surface area contributed by atoms with Crippen molar-refractivity contribution in [3.8, 4) is 11.3 Å². The molecule has 10 heteroatoms. The van der Waals surface area contributed by atoms with Gasteiger partial charge in [0.15, 0.2) is 5.65 Å². The van der Waals surface area contributed by atoms with Crippen LogP contribution in [-0.2, 0) is 7.05 Å². The van der Waals surface area contributed by atoms with Crippen molar-refractivity contribution in [1.82, 2.24) is 24.7 Å². The number of aromatic amines is 1. The molecule has 1 saturated carbocycles. The Kier molecular flexibility index (Phi) is 3.60. The van der Waals surface area contributed by atoms with Gasteiger partial charge in [-0.15, -0.1) is 11.3 Å². The first kappa shape index (κ1) is 17.4. The van der Waals surface area contributed by atoms with Gasteiger partial charge < -0.3 is 10.6 Å². The molecule has 0 amide bonds. The van der Waals surface area contributed by atoms with Crippen LogP contribution in [0.3, 0.4) is 0 Å². The molecular weight excluding hydrogens is 410 g/mol. The van der Waals surface area contributed by atoms with E-state index in [1.165, 1.54) is 11.3 Å². The molecule has 6 rings (SSSR count). The van der Waals surface area contributed by atoms with Gasteiger partial charge in [0, 0.05) is 31.2 Å². The summed E-state index contributed by atoms with van der Waals surface area (Å²) in [5, 5.41) is 8.33. The van der Waals surface area contributed by atoms with Crippen LogP contribution >= 0.6 is 22.9 Å². The number of hydrogen-bond donors (Lipinski definition) is 2. The summed E-state index contributed by atoms with van der Waals surface area (Å²) in [7, 11) is 1.76. The highest BCUT2D eigenvalue weighted by Gasteiger charge is 2.46. The fraction of sp³-hybridized carbons (Fsp3) is 0.368. The molecule has 1 saturated heterocycles. The number of anilines is 1. The molecule has 3 aromatic heterocycles. The Hall–Kier alpha value is -2.49. The van der Waals surface area contributed by atoms with Gasteiger partial charge in [0.2, 0.25) is 5.95 Å². The Morgan fingerprint density at radius 2 is 2.21 bits per heavy atom. The van der Waals surface area contributed by atoms with Crippen LogP contribution in [0.5, 0.6) is 0 Å². The molecule has 0 radical (unpaired) electrons. The van der Waals surface area contributed by atoms with E-state index in [0.29, 0.717) is 39.2 Å². The maximum atomic E-state index is 13.3. The second-order valence-corrected chi connectivity index (χ2v) is 9.07. The van der Waals surface area contributed by atoms with Crippen molar-refractivity contribution in [3.63, 3.8) is 0 Å². The standard InChI is InChI=1S/C19H18ClN7OS/c1-26-18(28)12-15(9-3-4-10-16(13(9)20)29-7-22-10)24-25-17(12)23-19(26)27-6-8-2-5-11(27)14(8)21/h3-4,7-8,11,14H,2,5-6,21H2,1H3,(H,24,25)/t8-,11-,14-/m0/s1. The maximum Gasteiger partial charge on any atom is 0.266 e. The minimum Gasteiger partial charge on any atom is -0.337 e. The van der Waals surface area contributed by atoms with Gasteiger partial charge in [0.05, 0.1) is 20.7 Å². The zero-order valence-corrected chi connectivity index (χ0v) is 17.2. The van der Waals surface area contributed by atoms with Crippen LogP contribution < -0.4 is 16.2 Å². The average Bonchev–Trinajstić information content (AvgIpc) is 3.49. The predicted octanol–water partition coefficient (Wildman–Crippen LogP) is 2.51. The van der Waals surface area contributed by atoms with Crippen LogP contribution in [0.4, 0.5) is 5.95 Å². The van der Waals surface area contributed by atoms with E-state index in [0.717, 1.165) is 29.6 Å². The first-order valence-electron chi connectivity index (χ1n) is 9.54. The Labute approximate surface area is 174 Å². The molecule has 0 spiro atoms. The van der Waals surface area contributed by atoms with Crippen molar-refractivity contribution >= 4 is 50.1 Å². The van der Waals surface area contributed by atoms with Gasteiger partial charge in [0.25, 0.3) is 5.56 Å². The lowest BCUT2D eigenvalue weighted by molar-refractivity contribution is 0.530. The molecule has 1 aromatic carbocycles. The number of thiazole rings is 1. The smallest absolute Gasteiger partial charge is 0.266 e. The Balaban J connectivity index is 1.53. The Morgan fingerprint density at radius 1 is 1.34 bits per heavy atom. The van der Waals surface area contributed by atoms with Gasteiger partial charge in [-0.25, -0.2) is 4.98 Å². The van der Waals surface area contributed by atoms with Gasteiger partial charge in [-0.1, -0.05) is 11.6 Å². The number of halogens is 1. The maximum absolute atomic E-state index is 13.3. The second-order valence-electron chi connectivity index (χ2n) is 7.83. The number of piperidine rings is 1. The Bertz CT molecular complexity index is 1340. The number of rotatable bonds is 2. The summed E-state index contributed by atoms with van der Waals surface area (Å²) in [6, 6.07) is 4.12. The van der Waals surface area contributed by atoms with Crippen molar-refractivity contribution in [2.24, 2.45) is 18.7 Å². The molecule has 2 bridgehead atoms. The number of benzene rings is 1. The van der Waals surface area contributed by atoms with E-state index in [4.69, 9.17) is 22.3 Å². The zero-order chi connectivity index (χ0) is 19.9. The number of fused-ring (bicyclic) bond motifs is 4. The zero-order valence-electron chi connectivity index (χ0n) is 15.6. The second kappa shape index (κ2) is 6.01. The lowest BCUT2D eigenvalue weighted by Gasteiger charge is -2.29. The highest BCUT2D eigenvalue weighted by molar-refractivity contribution is 7.17. The van der Waals surface area contributed by atoms with Crippen molar-refractivity contribution in [2.45, 2.75) is 24.9 Å².